The van der Waals surface area contributed by atoms with Crippen LogP contribution in [0.5, 0.6) is 5.75 Å². The van der Waals surface area contributed by atoms with Crippen molar-refractivity contribution >= 4 is 11.6 Å². The zero-order valence-corrected chi connectivity index (χ0v) is 7.82. The summed E-state index contributed by atoms with van der Waals surface area (Å²) in [6.07, 6.45) is 2.20. The van der Waals surface area contributed by atoms with Crippen molar-refractivity contribution < 1.29 is 4.74 Å². The highest BCUT2D eigenvalue weighted by Gasteiger charge is 2.15. The Bertz CT molecular complexity index is 276. The van der Waals surface area contributed by atoms with E-state index in [2.05, 4.69) is 13.0 Å². The summed E-state index contributed by atoms with van der Waals surface area (Å²) in [6, 6.07) is 3.96. The van der Waals surface area contributed by atoms with Crippen molar-refractivity contribution in [2.45, 2.75) is 19.8 Å². The summed E-state index contributed by atoms with van der Waals surface area (Å²) in [5.74, 6) is 0.905. The zero-order valence-electron chi connectivity index (χ0n) is 7.06. The van der Waals surface area contributed by atoms with E-state index in [1.807, 2.05) is 6.07 Å². The average molecular weight is 183 g/mol. The van der Waals surface area contributed by atoms with Crippen LogP contribution in [0, 0.1) is 6.92 Å². The van der Waals surface area contributed by atoms with Crippen molar-refractivity contribution in [3.8, 4) is 5.75 Å². The van der Waals surface area contributed by atoms with E-state index in [0.29, 0.717) is 0 Å². The van der Waals surface area contributed by atoms with Gasteiger partial charge in [-0.25, -0.2) is 0 Å². The summed E-state index contributed by atoms with van der Waals surface area (Å²) in [5.41, 5.74) is 2.57. The molecule has 0 amide bonds. The Balaban J connectivity index is 2.57. The number of fused-ring (bicyclic) bond motifs is 1. The van der Waals surface area contributed by atoms with Gasteiger partial charge in [0, 0.05) is 0 Å². The summed E-state index contributed by atoms with van der Waals surface area (Å²) >= 11 is 5.99. The van der Waals surface area contributed by atoms with Crippen LogP contribution in [0.4, 0.5) is 0 Å². The molecule has 12 heavy (non-hydrogen) atoms. The number of ether oxygens (including phenoxy) is 1. The number of halogens is 1. The molecule has 1 aromatic carbocycles. The lowest BCUT2D eigenvalue weighted by atomic mass is 10.0. The van der Waals surface area contributed by atoms with E-state index in [-0.39, 0.29) is 0 Å². The number of hydrogen-bond acceptors (Lipinski definition) is 1. The molecule has 64 valence electrons. The molecule has 0 atom stereocenters. The normalized spacial score (nSPS) is 15.2. The van der Waals surface area contributed by atoms with Gasteiger partial charge in [-0.15, -0.1) is 0 Å². The summed E-state index contributed by atoms with van der Waals surface area (Å²) in [7, 11) is 0. The van der Waals surface area contributed by atoms with Crippen molar-refractivity contribution in [1.29, 1.82) is 0 Å². The molecule has 0 spiro atoms. The summed E-state index contributed by atoms with van der Waals surface area (Å²) in [6.45, 7) is 2.90. The van der Waals surface area contributed by atoms with Crippen molar-refractivity contribution in [3.63, 3.8) is 0 Å². The van der Waals surface area contributed by atoms with Gasteiger partial charge in [-0.05, 0) is 37.0 Å². The molecule has 0 unspecified atom stereocenters. The molecule has 0 N–H and O–H groups in total. The molecule has 1 nitrogen and oxygen atoms in total. The van der Waals surface area contributed by atoms with Crippen LogP contribution in [-0.2, 0) is 6.42 Å². The van der Waals surface area contributed by atoms with E-state index in [1.54, 1.807) is 0 Å². The maximum Gasteiger partial charge on any atom is 0.141 e. The first kappa shape index (κ1) is 7.93. The van der Waals surface area contributed by atoms with Crippen LogP contribution in [-0.4, -0.2) is 6.61 Å². The lowest BCUT2D eigenvalue weighted by Crippen LogP contribution is -2.09. The molecule has 1 heterocycles. The van der Waals surface area contributed by atoms with Crippen LogP contribution in [0.25, 0.3) is 0 Å². The Morgan fingerprint density at radius 2 is 2.25 bits per heavy atom. The maximum atomic E-state index is 5.99. The van der Waals surface area contributed by atoms with Gasteiger partial charge in [0.1, 0.15) is 5.75 Å². The molecule has 0 fully saturated rings. The van der Waals surface area contributed by atoms with Crippen LogP contribution < -0.4 is 4.74 Å². The lowest BCUT2D eigenvalue weighted by molar-refractivity contribution is 0.288. The van der Waals surface area contributed by atoms with Crippen molar-refractivity contribution in [2.75, 3.05) is 6.61 Å². The Kier molecular flexibility index (Phi) is 1.97. The second-order valence-corrected chi connectivity index (χ2v) is 3.53. The molecule has 1 aliphatic heterocycles. The molecule has 0 aliphatic carbocycles. The number of rotatable bonds is 0. The van der Waals surface area contributed by atoms with E-state index in [9.17, 15) is 0 Å². The Labute approximate surface area is 77.3 Å². The van der Waals surface area contributed by atoms with Gasteiger partial charge >= 0.3 is 0 Å². The minimum Gasteiger partial charge on any atom is -0.492 e. The third-order valence-electron chi connectivity index (χ3n) is 2.26. The molecule has 0 aromatic heterocycles. The molecule has 0 saturated heterocycles. The Morgan fingerprint density at radius 1 is 1.42 bits per heavy atom. The molecule has 1 aliphatic rings. The van der Waals surface area contributed by atoms with Crippen LogP contribution in [0.3, 0.4) is 0 Å². The quantitative estimate of drug-likeness (QED) is 0.600. The fourth-order valence-electron chi connectivity index (χ4n) is 1.59. The molecule has 2 heteroatoms. The van der Waals surface area contributed by atoms with Crippen LogP contribution >= 0.6 is 11.6 Å². The SMILES string of the molecule is Cc1ccc(Cl)c2c1CCCO2. The van der Waals surface area contributed by atoms with Gasteiger partial charge in [0.15, 0.2) is 0 Å². The van der Waals surface area contributed by atoms with Gasteiger partial charge in [-0.2, -0.15) is 0 Å². The minimum absolute atomic E-state index is 0.746. The summed E-state index contributed by atoms with van der Waals surface area (Å²) in [4.78, 5) is 0. The highest BCUT2D eigenvalue weighted by Crippen LogP contribution is 2.34. The molecule has 0 bridgehead atoms. The highest BCUT2D eigenvalue weighted by atomic mass is 35.5. The second kappa shape index (κ2) is 2.98. The van der Waals surface area contributed by atoms with Gasteiger partial charge in [0.2, 0.25) is 0 Å². The number of benzene rings is 1. The lowest BCUT2D eigenvalue weighted by Gasteiger charge is -2.19. The third-order valence-corrected chi connectivity index (χ3v) is 2.56. The van der Waals surface area contributed by atoms with Crippen LogP contribution in [0.15, 0.2) is 12.1 Å². The third kappa shape index (κ3) is 1.18. The monoisotopic (exact) mass is 182 g/mol. The first-order valence-corrected chi connectivity index (χ1v) is 4.57. The number of hydrogen-bond donors (Lipinski definition) is 0. The van der Waals surface area contributed by atoms with E-state index in [4.69, 9.17) is 16.3 Å². The molecular weight excluding hydrogens is 172 g/mol. The van der Waals surface area contributed by atoms with Crippen molar-refractivity contribution in [2.24, 2.45) is 0 Å². The minimum atomic E-state index is 0.746. The fourth-order valence-corrected chi connectivity index (χ4v) is 1.82. The van der Waals surface area contributed by atoms with Gasteiger partial charge in [0.25, 0.3) is 0 Å². The average Bonchev–Trinajstić information content (AvgIpc) is 2.12. The topological polar surface area (TPSA) is 9.23 Å². The van der Waals surface area contributed by atoms with E-state index < -0.39 is 0 Å². The predicted octanol–water partition coefficient (Wildman–Crippen LogP) is 2.97. The van der Waals surface area contributed by atoms with Crippen molar-refractivity contribution in [3.05, 3.63) is 28.3 Å². The molecule has 2 rings (SSSR count). The molecule has 0 saturated carbocycles. The van der Waals surface area contributed by atoms with Crippen molar-refractivity contribution in [1.82, 2.24) is 0 Å². The smallest absolute Gasteiger partial charge is 0.141 e. The molecule has 1 aromatic rings. The standard InChI is InChI=1S/C10H11ClO/c1-7-4-5-9(11)10-8(7)3-2-6-12-10/h4-5H,2-3,6H2,1H3. The van der Waals surface area contributed by atoms with Gasteiger partial charge in [-0.1, -0.05) is 17.7 Å². The predicted molar refractivity (Wildman–Crippen MR) is 50.0 cm³/mol. The highest BCUT2D eigenvalue weighted by molar-refractivity contribution is 6.32. The first-order valence-electron chi connectivity index (χ1n) is 4.20. The molecule has 0 radical (unpaired) electrons. The maximum absolute atomic E-state index is 5.99. The van der Waals surface area contributed by atoms with Gasteiger partial charge in [0.05, 0.1) is 11.6 Å². The Hall–Kier alpha value is -0.690. The first-order chi connectivity index (χ1) is 5.79. The summed E-state index contributed by atoms with van der Waals surface area (Å²) in [5, 5.41) is 0.746. The number of aryl methyl sites for hydroxylation is 1. The Morgan fingerprint density at radius 3 is 3.00 bits per heavy atom. The van der Waals surface area contributed by atoms with Crippen LogP contribution in [0.2, 0.25) is 5.02 Å². The zero-order chi connectivity index (χ0) is 8.55. The van der Waals surface area contributed by atoms with Gasteiger partial charge in [-0.3, -0.25) is 0 Å². The fraction of sp³-hybridized carbons (Fsp3) is 0.400. The second-order valence-electron chi connectivity index (χ2n) is 3.12. The van der Waals surface area contributed by atoms with Gasteiger partial charge < -0.3 is 4.74 Å². The van der Waals surface area contributed by atoms with E-state index >= 15 is 0 Å². The van der Waals surface area contributed by atoms with E-state index in [1.165, 1.54) is 11.1 Å². The summed E-state index contributed by atoms with van der Waals surface area (Å²) < 4.78 is 5.50. The van der Waals surface area contributed by atoms with Crippen LogP contribution in [0.1, 0.15) is 17.5 Å². The largest absolute Gasteiger partial charge is 0.492 e. The molecular formula is C10H11ClO. The van der Waals surface area contributed by atoms with E-state index in [0.717, 1.165) is 30.2 Å².